The van der Waals surface area contributed by atoms with E-state index in [-0.39, 0.29) is 24.0 Å². The lowest BCUT2D eigenvalue weighted by molar-refractivity contribution is -0.120. The van der Waals surface area contributed by atoms with E-state index in [0.29, 0.717) is 42.9 Å². The van der Waals surface area contributed by atoms with Gasteiger partial charge >= 0.3 is 0 Å². The van der Waals surface area contributed by atoms with Gasteiger partial charge in [-0.3, -0.25) is 9.59 Å². The van der Waals surface area contributed by atoms with Gasteiger partial charge < -0.3 is 34.8 Å². The van der Waals surface area contributed by atoms with Gasteiger partial charge in [-0.25, -0.2) is 4.98 Å². The van der Waals surface area contributed by atoms with Crippen molar-refractivity contribution in [2.75, 3.05) is 62.1 Å². The van der Waals surface area contributed by atoms with E-state index in [2.05, 4.69) is 39.4 Å². The zero-order valence-electron chi connectivity index (χ0n) is 24.3. The fraction of sp³-hybridized carbons (Fsp3) is 0.600. The summed E-state index contributed by atoms with van der Waals surface area (Å²) in [6.07, 6.45) is 8.50. The summed E-state index contributed by atoms with van der Waals surface area (Å²) in [6, 6.07) is 3.78. The summed E-state index contributed by atoms with van der Waals surface area (Å²) in [5.41, 5.74) is 2.99. The molecule has 1 aliphatic carbocycles. The summed E-state index contributed by atoms with van der Waals surface area (Å²) in [4.78, 5) is 42.0. The fourth-order valence-corrected chi connectivity index (χ4v) is 6.65. The van der Waals surface area contributed by atoms with Crippen LogP contribution in [-0.4, -0.2) is 91.8 Å². The van der Waals surface area contributed by atoms with Crippen molar-refractivity contribution in [3.8, 4) is 5.75 Å². The van der Waals surface area contributed by atoms with Gasteiger partial charge in [0.05, 0.1) is 31.2 Å². The third-order valence-electron chi connectivity index (χ3n) is 8.86. The van der Waals surface area contributed by atoms with Crippen LogP contribution in [0.15, 0.2) is 18.3 Å². The van der Waals surface area contributed by atoms with E-state index in [9.17, 15) is 9.59 Å². The second kappa shape index (κ2) is 11.8. The third kappa shape index (κ3) is 5.44. The van der Waals surface area contributed by atoms with E-state index in [1.807, 2.05) is 12.1 Å². The molecule has 41 heavy (non-hydrogen) atoms. The Morgan fingerprint density at radius 3 is 2.78 bits per heavy atom. The van der Waals surface area contributed by atoms with Crippen LogP contribution in [0.3, 0.4) is 0 Å². The van der Waals surface area contributed by atoms with Gasteiger partial charge in [-0.1, -0.05) is 19.8 Å². The zero-order chi connectivity index (χ0) is 28.5. The standard InChI is InChI=1S/C30H41N7O4/c1-4-24-29(39)36(3)25-17-32-30(34-27(25)37(24)19-7-5-6-8-19)33-23-10-9-22(21-12-15-41-26(21)23)28(38)31-13-11-20-18-35(2)14-16-40-20/h9-10,17,19-20,24H,4-8,11-16,18H2,1-3H3,(H,31,38)(H,32,33,34)/t20?,24-/m1/s1. The van der Waals surface area contributed by atoms with Crippen molar-refractivity contribution in [3.63, 3.8) is 0 Å². The lowest BCUT2D eigenvalue weighted by atomic mass is 10.0. The quantitative estimate of drug-likeness (QED) is 0.500. The van der Waals surface area contributed by atoms with Crippen molar-refractivity contribution in [1.82, 2.24) is 20.2 Å². The molecule has 11 heteroatoms. The Morgan fingerprint density at radius 1 is 1.17 bits per heavy atom. The molecule has 4 aliphatic rings. The summed E-state index contributed by atoms with van der Waals surface area (Å²) in [5, 5.41) is 6.42. The molecule has 1 aromatic carbocycles. The molecule has 2 aromatic rings. The molecule has 4 heterocycles. The maximum atomic E-state index is 13.2. The van der Waals surface area contributed by atoms with Crippen molar-refractivity contribution in [1.29, 1.82) is 0 Å². The van der Waals surface area contributed by atoms with Crippen LogP contribution >= 0.6 is 0 Å². The number of nitrogens with zero attached hydrogens (tertiary/aromatic N) is 5. The average molecular weight is 564 g/mol. The Hall–Kier alpha value is -3.44. The molecular formula is C30H41N7O4. The number of aromatic nitrogens is 2. The first-order valence-corrected chi connectivity index (χ1v) is 15.0. The Morgan fingerprint density at radius 2 is 2.00 bits per heavy atom. The Labute approximate surface area is 241 Å². The van der Waals surface area contributed by atoms with Crippen LogP contribution < -0.4 is 25.2 Å². The minimum atomic E-state index is -0.227. The van der Waals surface area contributed by atoms with Crippen LogP contribution in [0.4, 0.5) is 23.1 Å². The number of hydrogen-bond donors (Lipinski definition) is 2. The van der Waals surface area contributed by atoms with Gasteiger partial charge in [0.2, 0.25) is 11.9 Å². The zero-order valence-corrected chi connectivity index (χ0v) is 24.3. The smallest absolute Gasteiger partial charge is 0.251 e. The summed E-state index contributed by atoms with van der Waals surface area (Å²) in [6.45, 7) is 5.69. The van der Waals surface area contributed by atoms with Crippen molar-refractivity contribution in [3.05, 3.63) is 29.5 Å². The molecule has 220 valence electrons. The van der Waals surface area contributed by atoms with Crippen LogP contribution in [0.5, 0.6) is 5.75 Å². The molecule has 0 radical (unpaired) electrons. The SMILES string of the molecule is CC[C@@H]1C(=O)N(C)c2cnc(Nc3ccc(C(=O)NCCC4CN(C)CCO4)c4c3OCC4)nc2N1C1CCCC1. The molecular weight excluding hydrogens is 522 g/mol. The monoisotopic (exact) mass is 563 g/mol. The van der Waals surface area contributed by atoms with E-state index in [1.165, 1.54) is 12.8 Å². The van der Waals surface area contributed by atoms with E-state index < -0.39 is 0 Å². The van der Waals surface area contributed by atoms with Crippen LogP contribution in [0.25, 0.3) is 0 Å². The topological polar surface area (TPSA) is 112 Å². The van der Waals surface area contributed by atoms with E-state index in [4.69, 9.17) is 14.5 Å². The highest BCUT2D eigenvalue weighted by molar-refractivity contribution is 6.04. The van der Waals surface area contributed by atoms with Gasteiger partial charge in [0, 0.05) is 50.3 Å². The summed E-state index contributed by atoms with van der Waals surface area (Å²) >= 11 is 0. The van der Waals surface area contributed by atoms with E-state index in [1.54, 1.807) is 18.1 Å². The highest BCUT2D eigenvalue weighted by Crippen LogP contribution is 2.41. The minimum absolute atomic E-state index is 0.0925. The third-order valence-corrected chi connectivity index (χ3v) is 8.86. The first-order valence-electron chi connectivity index (χ1n) is 15.0. The molecule has 2 atom stereocenters. The molecule has 0 spiro atoms. The lowest BCUT2D eigenvalue weighted by Crippen LogP contribution is -2.55. The summed E-state index contributed by atoms with van der Waals surface area (Å²) in [5.74, 6) is 1.90. The largest absolute Gasteiger partial charge is 0.491 e. The van der Waals surface area contributed by atoms with Crippen LogP contribution in [-0.2, 0) is 16.0 Å². The molecule has 0 bridgehead atoms. The molecule has 1 saturated carbocycles. The van der Waals surface area contributed by atoms with Gasteiger partial charge in [-0.15, -0.1) is 0 Å². The second-order valence-corrected chi connectivity index (χ2v) is 11.6. The predicted molar refractivity (Wildman–Crippen MR) is 157 cm³/mol. The number of anilines is 4. The molecule has 6 rings (SSSR count). The molecule has 2 N–H and O–H groups in total. The first-order chi connectivity index (χ1) is 19.9. The van der Waals surface area contributed by atoms with Crippen molar-refractivity contribution in [2.24, 2.45) is 0 Å². The van der Waals surface area contributed by atoms with Gasteiger partial charge in [0.25, 0.3) is 5.91 Å². The van der Waals surface area contributed by atoms with Gasteiger partial charge in [-0.05, 0) is 44.9 Å². The molecule has 1 saturated heterocycles. The van der Waals surface area contributed by atoms with Crippen LogP contribution in [0.2, 0.25) is 0 Å². The average Bonchev–Trinajstić information content (AvgIpc) is 3.68. The van der Waals surface area contributed by atoms with Crippen molar-refractivity contribution >= 4 is 35.0 Å². The number of benzene rings is 1. The number of rotatable bonds is 8. The van der Waals surface area contributed by atoms with Crippen molar-refractivity contribution in [2.45, 2.75) is 70.1 Å². The van der Waals surface area contributed by atoms with Crippen molar-refractivity contribution < 1.29 is 19.1 Å². The maximum absolute atomic E-state index is 13.2. The van der Waals surface area contributed by atoms with Crippen LogP contribution in [0, 0.1) is 0 Å². The first kappa shape index (κ1) is 27.7. The predicted octanol–water partition coefficient (Wildman–Crippen LogP) is 3.11. The van der Waals surface area contributed by atoms with Gasteiger partial charge in [0.1, 0.15) is 17.5 Å². The maximum Gasteiger partial charge on any atom is 0.251 e. The lowest BCUT2D eigenvalue weighted by Gasteiger charge is -2.43. The highest BCUT2D eigenvalue weighted by atomic mass is 16.5. The normalized spacial score (nSPS) is 22.9. The molecule has 1 unspecified atom stereocenters. The number of carbonyl (C=O) groups excluding carboxylic acids is 2. The minimum Gasteiger partial charge on any atom is -0.491 e. The highest BCUT2D eigenvalue weighted by Gasteiger charge is 2.41. The molecule has 2 fully saturated rings. The number of likely N-dealkylation sites (N-methyl/N-ethyl adjacent to an activating group) is 2. The molecule has 3 aliphatic heterocycles. The number of amides is 2. The Balaban J connectivity index is 1.20. The van der Waals surface area contributed by atoms with E-state index in [0.717, 1.165) is 68.1 Å². The Kier molecular flexibility index (Phi) is 7.99. The summed E-state index contributed by atoms with van der Waals surface area (Å²) < 4.78 is 11.8. The molecule has 2 amide bonds. The van der Waals surface area contributed by atoms with Crippen LogP contribution in [0.1, 0.15) is 61.4 Å². The van der Waals surface area contributed by atoms with Gasteiger partial charge in [-0.2, -0.15) is 4.98 Å². The number of carbonyl (C=O) groups is 2. The number of hydrogen-bond acceptors (Lipinski definition) is 9. The van der Waals surface area contributed by atoms with Gasteiger partial charge in [0.15, 0.2) is 5.82 Å². The Bertz CT molecular complexity index is 1300. The number of fused-ring (bicyclic) bond motifs is 2. The molecule has 11 nitrogen and oxygen atoms in total. The summed E-state index contributed by atoms with van der Waals surface area (Å²) in [7, 11) is 3.90. The van der Waals surface area contributed by atoms with E-state index >= 15 is 0 Å². The number of ether oxygens (including phenoxy) is 2. The number of morpholine rings is 1. The fourth-order valence-electron chi connectivity index (χ4n) is 6.65. The number of nitrogens with one attached hydrogen (secondary N) is 2. The molecule has 1 aromatic heterocycles. The second-order valence-electron chi connectivity index (χ2n) is 11.6.